The van der Waals surface area contributed by atoms with Crippen molar-refractivity contribution in [3.63, 3.8) is 0 Å². The smallest absolute Gasteiger partial charge is 0.226 e. The number of fused-ring (bicyclic) bond motifs is 1. The second-order valence-electron chi connectivity index (χ2n) is 6.08. The topological polar surface area (TPSA) is 80.9 Å². The van der Waals surface area contributed by atoms with Crippen LogP contribution in [-0.4, -0.2) is 21.0 Å². The molecule has 0 aliphatic heterocycles. The zero-order valence-electron chi connectivity index (χ0n) is 14.6. The Hall–Kier alpha value is -3.06. The summed E-state index contributed by atoms with van der Waals surface area (Å²) < 4.78 is 6.39. The van der Waals surface area contributed by atoms with Crippen LogP contribution in [0.25, 0.3) is 21.6 Å². The lowest BCUT2D eigenvalue weighted by Gasteiger charge is -2.01. The first-order valence-corrected chi connectivity index (χ1v) is 9.59. The molecule has 7 heteroatoms. The predicted molar refractivity (Wildman–Crippen MR) is 104 cm³/mol. The number of rotatable bonds is 7. The van der Waals surface area contributed by atoms with Crippen molar-refractivity contribution in [1.82, 2.24) is 20.4 Å². The van der Waals surface area contributed by atoms with Gasteiger partial charge >= 0.3 is 0 Å². The molecule has 0 fully saturated rings. The number of carbonyl (C=O) groups is 1. The molecule has 0 aliphatic carbocycles. The third kappa shape index (κ3) is 4.38. The highest BCUT2D eigenvalue weighted by molar-refractivity contribution is 7.18. The average molecular weight is 378 g/mol. The van der Waals surface area contributed by atoms with E-state index in [1.165, 1.54) is 0 Å². The standard InChI is InChI=1S/C20H18N4O2S/c25-17(21-13-19-22-15-9-4-5-10-16(15)27-19)11-6-12-18-23-20(24-26-18)14-7-2-1-3-8-14/h1-5,7-10H,6,11-13H2,(H,21,25). The minimum absolute atomic E-state index is 0.00273. The first-order valence-electron chi connectivity index (χ1n) is 8.77. The van der Waals surface area contributed by atoms with E-state index in [4.69, 9.17) is 4.52 Å². The predicted octanol–water partition coefficient (Wildman–Crippen LogP) is 3.99. The van der Waals surface area contributed by atoms with Crippen LogP contribution in [0.5, 0.6) is 0 Å². The summed E-state index contributed by atoms with van der Waals surface area (Å²) in [6, 6.07) is 17.6. The summed E-state index contributed by atoms with van der Waals surface area (Å²) in [5.41, 5.74) is 1.89. The van der Waals surface area contributed by atoms with Gasteiger partial charge in [0.1, 0.15) is 5.01 Å². The van der Waals surface area contributed by atoms with Crippen molar-refractivity contribution < 1.29 is 9.32 Å². The summed E-state index contributed by atoms with van der Waals surface area (Å²) >= 11 is 1.60. The highest BCUT2D eigenvalue weighted by Gasteiger charge is 2.10. The van der Waals surface area contributed by atoms with E-state index in [1.54, 1.807) is 11.3 Å². The highest BCUT2D eigenvalue weighted by Crippen LogP contribution is 2.21. The monoisotopic (exact) mass is 378 g/mol. The molecule has 2 aromatic heterocycles. The molecule has 2 heterocycles. The minimum atomic E-state index is -0.00273. The van der Waals surface area contributed by atoms with Gasteiger partial charge in [-0.3, -0.25) is 4.79 Å². The van der Waals surface area contributed by atoms with E-state index in [0.29, 0.717) is 37.5 Å². The van der Waals surface area contributed by atoms with Gasteiger partial charge in [0.2, 0.25) is 17.6 Å². The summed E-state index contributed by atoms with van der Waals surface area (Å²) in [5, 5.41) is 7.82. The van der Waals surface area contributed by atoms with E-state index in [-0.39, 0.29) is 5.91 Å². The molecule has 1 amide bonds. The molecule has 2 aromatic carbocycles. The van der Waals surface area contributed by atoms with Crippen LogP contribution in [0.2, 0.25) is 0 Å². The van der Waals surface area contributed by atoms with Crippen molar-refractivity contribution in [3.8, 4) is 11.4 Å². The van der Waals surface area contributed by atoms with E-state index >= 15 is 0 Å². The van der Waals surface area contributed by atoms with Gasteiger partial charge in [0.05, 0.1) is 16.8 Å². The molecule has 1 N–H and O–H groups in total. The van der Waals surface area contributed by atoms with Gasteiger partial charge in [-0.25, -0.2) is 4.98 Å². The average Bonchev–Trinajstić information content (AvgIpc) is 3.34. The van der Waals surface area contributed by atoms with E-state index in [1.807, 2.05) is 54.6 Å². The molecule has 6 nitrogen and oxygen atoms in total. The largest absolute Gasteiger partial charge is 0.350 e. The Balaban J connectivity index is 1.23. The summed E-state index contributed by atoms with van der Waals surface area (Å²) in [7, 11) is 0. The summed E-state index contributed by atoms with van der Waals surface area (Å²) in [6.07, 6.45) is 1.64. The highest BCUT2D eigenvalue weighted by atomic mass is 32.1. The Morgan fingerprint density at radius 3 is 2.70 bits per heavy atom. The van der Waals surface area contributed by atoms with Crippen LogP contribution in [0.15, 0.2) is 59.1 Å². The molecule has 4 rings (SSSR count). The number of hydrogen-bond donors (Lipinski definition) is 1. The minimum Gasteiger partial charge on any atom is -0.350 e. The lowest BCUT2D eigenvalue weighted by atomic mass is 10.2. The zero-order valence-corrected chi connectivity index (χ0v) is 15.4. The van der Waals surface area contributed by atoms with E-state index < -0.39 is 0 Å². The number of nitrogens with one attached hydrogen (secondary N) is 1. The van der Waals surface area contributed by atoms with Gasteiger partial charge in [-0.1, -0.05) is 47.6 Å². The number of nitrogens with zero attached hydrogens (tertiary/aromatic N) is 3. The zero-order chi connectivity index (χ0) is 18.5. The Morgan fingerprint density at radius 2 is 1.85 bits per heavy atom. The maximum absolute atomic E-state index is 12.0. The molecule has 0 bridgehead atoms. The third-order valence-electron chi connectivity index (χ3n) is 4.07. The second kappa shape index (κ2) is 8.09. The number of thiazole rings is 1. The summed E-state index contributed by atoms with van der Waals surface area (Å²) in [4.78, 5) is 20.9. The first kappa shape index (κ1) is 17.4. The molecule has 0 spiro atoms. The number of carbonyl (C=O) groups excluding carboxylic acids is 1. The van der Waals surface area contributed by atoms with E-state index in [9.17, 15) is 4.79 Å². The maximum atomic E-state index is 12.0. The van der Waals surface area contributed by atoms with Crippen molar-refractivity contribution in [2.75, 3.05) is 0 Å². The molecule has 0 saturated carbocycles. The number of benzene rings is 2. The normalized spacial score (nSPS) is 11.0. The SMILES string of the molecule is O=C(CCCc1nc(-c2ccccc2)no1)NCc1nc2ccccc2s1. The molecule has 4 aromatic rings. The van der Waals surface area contributed by atoms with Crippen molar-refractivity contribution >= 4 is 27.5 Å². The molecule has 136 valence electrons. The number of aromatic nitrogens is 3. The fourth-order valence-corrected chi connectivity index (χ4v) is 3.63. The third-order valence-corrected chi connectivity index (χ3v) is 5.11. The number of para-hydroxylation sites is 1. The second-order valence-corrected chi connectivity index (χ2v) is 7.20. The summed E-state index contributed by atoms with van der Waals surface area (Å²) in [6.45, 7) is 0.455. The molecule has 0 radical (unpaired) electrons. The molecule has 0 unspecified atom stereocenters. The molecule has 0 atom stereocenters. The Labute approximate surface area is 160 Å². The fourth-order valence-electron chi connectivity index (χ4n) is 2.72. The van der Waals surface area contributed by atoms with Gasteiger partial charge in [-0.2, -0.15) is 4.98 Å². The van der Waals surface area contributed by atoms with Gasteiger partial charge in [0.15, 0.2) is 0 Å². The van der Waals surface area contributed by atoms with Crippen LogP contribution in [0.3, 0.4) is 0 Å². The lowest BCUT2D eigenvalue weighted by molar-refractivity contribution is -0.121. The molecule has 0 aliphatic rings. The Bertz CT molecular complexity index is 1010. The van der Waals surface area contributed by atoms with Crippen molar-refractivity contribution in [2.45, 2.75) is 25.8 Å². The van der Waals surface area contributed by atoms with Gasteiger partial charge in [0.25, 0.3) is 0 Å². The van der Waals surface area contributed by atoms with Crippen LogP contribution in [-0.2, 0) is 17.8 Å². The van der Waals surface area contributed by atoms with E-state index in [2.05, 4.69) is 20.4 Å². The first-order chi connectivity index (χ1) is 13.3. The van der Waals surface area contributed by atoms with Gasteiger partial charge in [-0.05, 0) is 18.6 Å². The van der Waals surface area contributed by atoms with Crippen LogP contribution in [0.4, 0.5) is 0 Å². The van der Waals surface area contributed by atoms with Crippen LogP contribution in [0.1, 0.15) is 23.7 Å². The molecule has 27 heavy (non-hydrogen) atoms. The van der Waals surface area contributed by atoms with Crippen LogP contribution >= 0.6 is 11.3 Å². The Morgan fingerprint density at radius 1 is 1.04 bits per heavy atom. The Kier molecular flexibility index (Phi) is 5.20. The lowest BCUT2D eigenvalue weighted by Crippen LogP contribution is -2.22. The van der Waals surface area contributed by atoms with Crippen LogP contribution in [0, 0.1) is 0 Å². The van der Waals surface area contributed by atoms with Crippen LogP contribution < -0.4 is 5.32 Å². The van der Waals surface area contributed by atoms with Crippen molar-refractivity contribution in [1.29, 1.82) is 0 Å². The molecular weight excluding hydrogens is 360 g/mol. The van der Waals surface area contributed by atoms with Gasteiger partial charge in [0, 0.05) is 18.4 Å². The van der Waals surface area contributed by atoms with E-state index in [0.717, 1.165) is 20.8 Å². The molecule has 0 saturated heterocycles. The number of hydrogen-bond acceptors (Lipinski definition) is 6. The van der Waals surface area contributed by atoms with Gasteiger partial charge in [-0.15, -0.1) is 11.3 Å². The van der Waals surface area contributed by atoms with Crippen molar-refractivity contribution in [2.24, 2.45) is 0 Å². The molecular formula is C20H18N4O2S. The quantitative estimate of drug-likeness (QED) is 0.526. The summed E-state index contributed by atoms with van der Waals surface area (Å²) in [5.74, 6) is 1.12. The maximum Gasteiger partial charge on any atom is 0.226 e. The van der Waals surface area contributed by atoms with Crippen molar-refractivity contribution in [3.05, 3.63) is 65.5 Å². The van der Waals surface area contributed by atoms with Gasteiger partial charge < -0.3 is 9.84 Å². The fraction of sp³-hybridized carbons (Fsp3) is 0.200. The number of amides is 1. The number of aryl methyl sites for hydroxylation is 1.